The Morgan fingerprint density at radius 1 is 1.06 bits per heavy atom. The second-order valence-corrected chi connectivity index (χ2v) is 7.04. The highest BCUT2D eigenvalue weighted by molar-refractivity contribution is 6.30. The number of rotatable bonds is 9. The maximum atomic E-state index is 12.1. The lowest BCUT2D eigenvalue weighted by molar-refractivity contribution is -0.129. The number of halogens is 1. The molecule has 1 atom stereocenters. The average molecular weight is 439 g/mol. The smallest absolute Gasteiger partial charge is 0.273 e. The molecule has 0 fully saturated rings. The lowest BCUT2D eigenvalue weighted by atomic mass is 10.1. The molecule has 3 rings (SSSR count). The minimum absolute atomic E-state index is 0.373. The summed E-state index contributed by atoms with van der Waals surface area (Å²) in [6, 6.07) is 21.4. The third kappa shape index (κ3) is 6.57. The van der Waals surface area contributed by atoms with E-state index in [-0.39, 0.29) is 0 Å². The Labute approximate surface area is 186 Å². The largest absolute Gasteiger partial charge is 0.490 e. The van der Waals surface area contributed by atoms with Crippen molar-refractivity contribution in [2.24, 2.45) is 5.10 Å². The molecule has 0 radical (unpaired) electrons. The number of hydrogen-bond donors (Lipinski definition) is 2. The van der Waals surface area contributed by atoms with Crippen LogP contribution in [0.2, 0.25) is 5.02 Å². The van der Waals surface area contributed by atoms with E-state index in [1.54, 1.807) is 42.5 Å². The van der Waals surface area contributed by atoms with Crippen LogP contribution in [0.25, 0.3) is 0 Å². The summed E-state index contributed by atoms with van der Waals surface area (Å²) in [5, 5.41) is 14.7. The molecule has 0 aliphatic rings. The van der Waals surface area contributed by atoms with Crippen molar-refractivity contribution in [3.05, 3.63) is 94.5 Å². The average Bonchev–Trinajstić information content (AvgIpc) is 2.80. The Balaban J connectivity index is 1.62. The number of carbonyl (C=O) groups excluding carboxylic acids is 1. The van der Waals surface area contributed by atoms with Crippen LogP contribution in [0.4, 0.5) is 0 Å². The van der Waals surface area contributed by atoms with Gasteiger partial charge in [-0.3, -0.25) is 4.79 Å². The number of benzene rings is 3. The zero-order valence-corrected chi connectivity index (χ0v) is 17.8. The van der Waals surface area contributed by atoms with Crippen molar-refractivity contribution in [1.82, 2.24) is 5.43 Å². The van der Waals surface area contributed by atoms with Crippen LogP contribution in [0, 0.1) is 0 Å². The van der Waals surface area contributed by atoms with Gasteiger partial charge in [-0.15, -0.1) is 0 Å². The molecule has 0 aliphatic heterocycles. The van der Waals surface area contributed by atoms with Crippen LogP contribution in [0.3, 0.4) is 0 Å². The van der Waals surface area contributed by atoms with E-state index in [0.29, 0.717) is 40.9 Å². The van der Waals surface area contributed by atoms with Gasteiger partial charge in [0.05, 0.1) is 12.8 Å². The first kappa shape index (κ1) is 22.3. The molecule has 31 heavy (non-hydrogen) atoms. The van der Waals surface area contributed by atoms with Crippen LogP contribution in [-0.4, -0.2) is 23.8 Å². The van der Waals surface area contributed by atoms with Gasteiger partial charge in [-0.25, -0.2) is 5.43 Å². The number of ether oxygens (including phenoxy) is 2. The SMILES string of the molecule is CCOc1cc(/C=N/NC(=O)C(O)c2ccccc2)ccc1OCc1ccc(Cl)cc1. The third-order valence-electron chi connectivity index (χ3n) is 4.33. The van der Waals surface area contributed by atoms with E-state index in [9.17, 15) is 9.90 Å². The van der Waals surface area contributed by atoms with Gasteiger partial charge in [0.2, 0.25) is 0 Å². The second kappa shape index (κ2) is 11.2. The fraction of sp³-hybridized carbons (Fsp3) is 0.167. The van der Waals surface area contributed by atoms with Crippen molar-refractivity contribution in [3.8, 4) is 11.5 Å². The zero-order chi connectivity index (χ0) is 22.1. The summed E-state index contributed by atoms with van der Waals surface area (Å²) in [7, 11) is 0. The predicted octanol–water partition coefficient (Wildman–Crippen LogP) is 4.50. The molecule has 0 saturated carbocycles. The monoisotopic (exact) mass is 438 g/mol. The molecule has 0 spiro atoms. The normalized spacial score (nSPS) is 11.8. The van der Waals surface area contributed by atoms with Gasteiger partial charge in [-0.2, -0.15) is 5.10 Å². The number of hydrazone groups is 1. The van der Waals surface area contributed by atoms with Gasteiger partial charge in [0.25, 0.3) is 5.91 Å². The van der Waals surface area contributed by atoms with E-state index < -0.39 is 12.0 Å². The summed E-state index contributed by atoms with van der Waals surface area (Å²) < 4.78 is 11.6. The van der Waals surface area contributed by atoms with Crippen LogP contribution in [0.1, 0.15) is 29.7 Å². The molecule has 1 unspecified atom stereocenters. The van der Waals surface area contributed by atoms with Gasteiger partial charge in [-0.05, 0) is 53.9 Å². The fourth-order valence-corrected chi connectivity index (χ4v) is 2.88. The molecule has 0 aliphatic carbocycles. The van der Waals surface area contributed by atoms with Crippen LogP contribution in [0.5, 0.6) is 11.5 Å². The number of nitrogens with one attached hydrogen (secondary N) is 1. The lowest BCUT2D eigenvalue weighted by Gasteiger charge is -2.13. The number of hydrogen-bond acceptors (Lipinski definition) is 5. The van der Waals surface area contributed by atoms with Gasteiger partial charge >= 0.3 is 0 Å². The summed E-state index contributed by atoms with van der Waals surface area (Å²) in [5.41, 5.74) is 4.53. The molecular formula is C24H23ClN2O4. The van der Waals surface area contributed by atoms with E-state index in [4.69, 9.17) is 21.1 Å². The Bertz CT molecular complexity index is 1020. The van der Waals surface area contributed by atoms with Crippen molar-refractivity contribution in [3.63, 3.8) is 0 Å². The van der Waals surface area contributed by atoms with Crippen LogP contribution >= 0.6 is 11.6 Å². The molecule has 6 nitrogen and oxygen atoms in total. The minimum atomic E-state index is -1.29. The molecule has 3 aromatic carbocycles. The lowest BCUT2D eigenvalue weighted by Crippen LogP contribution is -2.25. The predicted molar refractivity (Wildman–Crippen MR) is 121 cm³/mol. The molecule has 0 aromatic heterocycles. The maximum absolute atomic E-state index is 12.1. The zero-order valence-electron chi connectivity index (χ0n) is 17.0. The van der Waals surface area contributed by atoms with Crippen molar-refractivity contribution >= 4 is 23.7 Å². The minimum Gasteiger partial charge on any atom is -0.490 e. The number of nitrogens with zero attached hydrogens (tertiary/aromatic N) is 1. The van der Waals surface area contributed by atoms with Crippen LogP contribution < -0.4 is 14.9 Å². The van der Waals surface area contributed by atoms with Crippen molar-refractivity contribution < 1.29 is 19.4 Å². The summed E-state index contributed by atoms with van der Waals surface area (Å²) >= 11 is 5.91. The summed E-state index contributed by atoms with van der Waals surface area (Å²) in [5.74, 6) is 0.545. The molecule has 160 valence electrons. The van der Waals surface area contributed by atoms with E-state index in [0.717, 1.165) is 5.56 Å². The Hall–Kier alpha value is -3.35. The van der Waals surface area contributed by atoms with E-state index in [1.165, 1.54) is 6.21 Å². The van der Waals surface area contributed by atoms with E-state index in [2.05, 4.69) is 10.5 Å². The molecule has 2 N–H and O–H groups in total. The van der Waals surface area contributed by atoms with Crippen LogP contribution in [0.15, 0.2) is 77.9 Å². The van der Waals surface area contributed by atoms with Crippen LogP contribution in [-0.2, 0) is 11.4 Å². The Morgan fingerprint density at radius 2 is 1.81 bits per heavy atom. The first-order valence-electron chi connectivity index (χ1n) is 9.77. The van der Waals surface area contributed by atoms with Gasteiger partial charge in [-0.1, -0.05) is 54.1 Å². The van der Waals surface area contributed by atoms with Gasteiger partial charge in [0.1, 0.15) is 6.61 Å². The van der Waals surface area contributed by atoms with Crippen molar-refractivity contribution in [1.29, 1.82) is 0 Å². The molecule has 7 heteroatoms. The highest BCUT2D eigenvalue weighted by Crippen LogP contribution is 2.29. The molecule has 0 heterocycles. The van der Waals surface area contributed by atoms with Gasteiger partial charge in [0.15, 0.2) is 17.6 Å². The highest BCUT2D eigenvalue weighted by atomic mass is 35.5. The molecule has 0 bridgehead atoms. The van der Waals surface area contributed by atoms with E-state index in [1.807, 2.05) is 37.3 Å². The summed E-state index contributed by atoms with van der Waals surface area (Å²) in [4.78, 5) is 12.1. The highest BCUT2D eigenvalue weighted by Gasteiger charge is 2.16. The number of aliphatic hydroxyl groups is 1. The quantitative estimate of drug-likeness (QED) is 0.380. The fourth-order valence-electron chi connectivity index (χ4n) is 2.75. The van der Waals surface area contributed by atoms with Crippen molar-refractivity contribution in [2.75, 3.05) is 6.61 Å². The summed E-state index contributed by atoms with van der Waals surface area (Å²) in [6.45, 7) is 2.73. The molecule has 0 saturated heterocycles. The third-order valence-corrected chi connectivity index (χ3v) is 4.58. The topological polar surface area (TPSA) is 80.2 Å². The first-order valence-corrected chi connectivity index (χ1v) is 10.1. The number of aliphatic hydroxyl groups excluding tert-OH is 1. The summed E-state index contributed by atoms with van der Waals surface area (Å²) in [6.07, 6.45) is 0.183. The Kier molecular flexibility index (Phi) is 8.04. The van der Waals surface area contributed by atoms with E-state index >= 15 is 0 Å². The Morgan fingerprint density at radius 3 is 2.52 bits per heavy atom. The number of amides is 1. The first-order chi connectivity index (χ1) is 15.1. The van der Waals surface area contributed by atoms with Crippen molar-refractivity contribution in [2.45, 2.75) is 19.6 Å². The number of carbonyl (C=O) groups is 1. The second-order valence-electron chi connectivity index (χ2n) is 6.60. The molecule has 3 aromatic rings. The molecular weight excluding hydrogens is 416 g/mol. The molecule has 1 amide bonds. The maximum Gasteiger partial charge on any atom is 0.273 e. The van der Waals surface area contributed by atoms with Gasteiger partial charge < -0.3 is 14.6 Å². The van der Waals surface area contributed by atoms with Gasteiger partial charge in [0, 0.05) is 5.02 Å². The standard InChI is InChI=1S/C24H23ClN2O4/c1-2-30-22-14-18(10-13-21(22)31-16-17-8-11-20(25)12-9-17)15-26-27-24(29)23(28)19-6-4-3-5-7-19/h3-15,23,28H,2,16H2,1H3,(H,27,29)/b26-15+.